The van der Waals surface area contributed by atoms with Crippen molar-refractivity contribution in [2.75, 3.05) is 13.1 Å². The first kappa shape index (κ1) is 21.2. The minimum Gasteiger partial charge on any atom is -0.381 e. The summed E-state index contributed by atoms with van der Waals surface area (Å²) in [5, 5.41) is 12.1. The Morgan fingerprint density at radius 1 is 0.526 bits per heavy atom. The lowest BCUT2D eigenvalue weighted by Crippen LogP contribution is -2.19. The third kappa shape index (κ3) is 3.10. The summed E-state index contributed by atoms with van der Waals surface area (Å²) in [4.78, 5) is 0. The number of nitrogens with one attached hydrogen (secondary N) is 2. The minimum atomic E-state index is 0.828. The molecular weight excluding hydrogens is 464 g/mol. The summed E-state index contributed by atoms with van der Waals surface area (Å²) in [6, 6.07) is 31.1. The van der Waals surface area contributed by atoms with E-state index in [4.69, 9.17) is 0 Å². The van der Waals surface area contributed by atoms with Gasteiger partial charge in [-0.3, -0.25) is 4.57 Å². The Bertz CT molecular complexity index is 2030. The van der Waals surface area contributed by atoms with Gasteiger partial charge in [0, 0.05) is 46.0 Å². The number of hydrogen-bond acceptors (Lipinski definition) is 2. The van der Waals surface area contributed by atoms with Crippen LogP contribution in [-0.4, -0.2) is 22.2 Å². The highest BCUT2D eigenvalue weighted by Gasteiger charge is 2.18. The molecule has 0 saturated carbocycles. The molecule has 2 N–H and O–H groups in total. The Kier molecular flexibility index (Phi) is 4.61. The topological polar surface area (TPSA) is 33.9 Å². The van der Waals surface area contributed by atoms with Gasteiger partial charge in [0.25, 0.3) is 0 Å². The monoisotopic (exact) mass is 490 g/mol. The summed E-state index contributed by atoms with van der Waals surface area (Å²) in [5.74, 6) is 1.10. The molecular formula is C34H26N4. The number of para-hydroxylation sites is 2. The highest BCUT2D eigenvalue weighted by atomic mass is 15.1. The van der Waals surface area contributed by atoms with E-state index < -0.39 is 0 Å². The summed E-state index contributed by atoms with van der Waals surface area (Å²) < 4.78 is 4.78. The number of dihydropyridines is 2. The van der Waals surface area contributed by atoms with Crippen LogP contribution < -0.4 is 10.6 Å². The van der Waals surface area contributed by atoms with Crippen LogP contribution in [0.3, 0.4) is 0 Å². The third-order valence-electron chi connectivity index (χ3n) is 7.74. The van der Waals surface area contributed by atoms with Crippen molar-refractivity contribution in [1.29, 1.82) is 0 Å². The molecule has 0 spiro atoms. The van der Waals surface area contributed by atoms with Crippen LogP contribution in [0.1, 0.15) is 5.56 Å². The quantitative estimate of drug-likeness (QED) is 0.272. The highest BCUT2D eigenvalue weighted by molar-refractivity contribution is 6.12. The number of nitrogens with zero attached hydrogens (tertiary/aromatic N) is 2. The highest BCUT2D eigenvalue weighted by Crippen LogP contribution is 2.37. The van der Waals surface area contributed by atoms with Gasteiger partial charge in [0.1, 0.15) is 5.82 Å². The zero-order valence-electron chi connectivity index (χ0n) is 20.9. The Hall–Kier alpha value is -4.96. The predicted octanol–water partition coefficient (Wildman–Crippen LogP) is 7.35. The lowest BCUT2D eigenvalue weighted by atomic mass is 10.1. The lowest BCUT2D eigenvalue weighted by Gasteiger charge is -2.17. The molecule has 0 radical (unpaired) electrons. The van der Waals surface area contributed by atoms with Crippen molar-refractivity contribution in [1.82, 2.24) is 19.8 Å². The zero-order valence-corrected chi connectivity index (χ0v) is 20.9. The van der Waals surface area contributed by atoms with Crippen molar-refractivity contribution in [2.45, 2.75) is 0 Å². The van der Waals surface area contributed by atoms with Crippen molar-refractivity contribution in [3.8, 4) is 5.69 Å². The zero-order chi connectivity index (χ0) is 25.1. The Balaban J connectivity index is 1.43. The van der Waals surface area contributed by atoms with Crippen LogP contribution in [0.5, 0.6) is 0 Å². The van der Waals surface area contributed by atoms with E-state index in [2.05, 4.69) is 141 Å². The molecule has 4 aromatic carbocycles. The van der Waals surface area contributed by atoms with Crippen LogP contribution in [0, 0.1) is 0 Å². The van der Waals surface area contributed by atoms with E-state index in [1.54, 1.807) is 0 Å². The molecule has 2 aliphatic rings. The lowest BCUT2D eigenvalue weighted by molar-refractivity contribution is 0.922. The molecule has 8 rings (SSSR count). The maximum atomic E-state index is 3.57. The number of allylic oxidation sites excluding steroid dienone is 4. The van der Waals surface area contributed by atoms with Crippen molar-refractivity contribution in [3.63, 3.8) is 0 Å². The van der Waals surface area contributed by atoms with E-state index in [-0.39, 0.29) is 0 Å². The molecule has 4 nitrogen and oxygen atoms in total. The van der Waals surface area contributed by atoms with Gasteiger partial charge in [-0.05, 0) is 48.0 Å². The van der Waals surface area contributed by atoms with Crippen molar-refractivity contribution in [3.05, 3.63) is 127 Å². The van der Waals surface area contributed by atoms with E-state index in [1.165, 1.54) is 49.2 Å². The number of hydrogen-bond donors (Lipinski definition) is 2. The fourth-order valence-corrected chi connectivity index (χ4v) is 6.04. The fourth-order valence-electron chi connectivity index (χ4n) is 6.04. The van der Waals surface area contributed by atoms with Gasteiger partial charge in [-0.15, -0.1) is 0 Å². The summed E-state index contributed by atoms with van der Waals surface area (Å²) in [6.07, 6.45) is 12.9. The first-order chi connectivity index (χ1) is 18.9. The van der Waals surface area contributed by atoms with Crippen LogP contribution in [0.25, 0.3) is 60.8 Å². The van der Waals surface area contributed by atoms with Crippen LogP contribution in [0.2, 0.25) is 0 Å². The Morgan fingerprint density at radius 3 is 1.87 bits per heavy atom. The van der Waals surface area contributed by atoms with Gasteiger partial charge in [-0.1, -0.05) is 78.9 Å². The second-order valence-corrected chi connectivity index (χ2v) is 9.89. The van der Waals surface area contributed by atoms with E-state index in [0.29, 0.717) is 0 Å². The number of benzene rings is 4. The smallest absolute Gasteiger partial charge is 0.111 e. The summed E-state index contributed by atoms with van der Waals surface area (Å²) in [7, 11) is 0. The average molecular weight is 491 g/mol. The summed E-state index contributed by atoms with van der Waals surface area (Å²) >= 11 is 0. The van der Waals surface area contributed by atoms with Gasteiger partial charge in [0.2, 0.25) is 0 Å². The van der Waals surface area contributed by atoms with E-state index in [1.807, 2.05) is 0 Å². The number of fused-ring (bicyclic) bond motifs is 6. The molecule has 6 aromatic rings. The standard InChI is InChI=1S/C34H26N4/c1-3-12-30-25(9-1)27-17-15-23(29-11-5-7-19-35-29)21-32(27)37(30)24-16-18-28-26-10-2-4-13-31(26)38(33(28)22-24)34-14-6-8-20-36-34/h1-18,21-22,35-36H,19-20H2. The van der Waals surface area contributed by atoms with Crippen LogP contribution in [0.15, 0.2) is 121 Å². The molecule has 0 amide bonds. The van der Waals surface area contributed by atoms with E-state index in [0.717, 1.165) is 30.3 Å². The molecule has 4 heterocycles. The van der Waals surface area contributed by atoms with Gasteiger partial charge in [0.15, 0.2) is 0 Å². The summed E-state index contributed by atoms with van der Waals surface area (Å²) in [5.41, 5.74) is 8.34. The second-order valence-electron chi connectivity index (χ2n) is 9.89. The van der Waals surface area contributed by atoms with Gasteiger partial charge < -0.3 is 15.2 Å². The predicted molar refractivity (Wildman–Crippen MR) is 160 cm³/mol. The minimum absolute atomic E-state index is 0.828. The molecule has 0 atom stereocenters. The molecule has 0 bridgehead atoms. The average Bonchev–Trinajstić information content (AvgIpc) is 3.50. The Morgan fingerprint density at radius 2 is 1.16 bits per heavy atom. The maximum absolute atomic E-state index is 3.57. The first-order valence-electron chi connectivity index (χ1n) is 13.2. The third-order valence-corrected chi connectivity index (χ3v) is 7.74. The van der Waals surface area contributed by atoms with Crippen molar-refractivity contribution < 1.29 is 0 Å². The van der Waals surface area contributed by atoms with Crippen LogP contribution >= 0.6 is 0 Å². The van der Waals surface area contributed by atoms with Gasteiger partial charge in [-0.2, -0.15) is 0 Å². The Labute approximate surface area is 220 Å². The molecule has 38 heavy (non-hydrogen) atoms. The SMILES string of the molecule is C1=CCNC(c2ccc3c4ccccc4n(-c4ccc5c6ccccc6n(C6=CC=CCN6)c5c4)c3c2)=C1. The first-order valence-corrected chi connectivity index (χ1v) is 13.2. The number of aromatic nitrogens is 2. The molecule has 0 aliphatic carbocycles. The van der Waals surface area contributed by atoms with E-state index >= 15 is 0 Å². The van der Waals surface area contributed by atoms with Gasteiger partial charge >= 0.3 is 0 Å². The summed E-state index contributed by atoms with van der Waals surface area (Å²) in [6.45, 7) is 1.68. The van der Waals surface area contributed by atoms with Gasteiger partial charge in [-0.25, -0.2) is 0 Å². The molecule has 182 valence electrons. The molecule has 2 aliphatic heterocycles. The number of rotatable bonds is 3. The molecule has 0 unspecified atom stereocenters. The molecule has 0 saturated heterocycles. The fraction of sp³-hybridized carbons (Fsp3) is 0.0588. The van der Waals surface area contributed by atoms with Crippen LogP contribution in [-0.2, 0) is 0 Å². The van der Waals surface area contributed by atoms with Gasteiger partial charge in [0.05, 0.1) is 22.1 Å². The molecule has 2 aromatic heterocycles. The molecule has 4 heteroatoms. The van der Waals surface area contributed by atoms with Crippen LogP contribution in [0.4, 0.5) is 0 Å². The normalized spacial score (nSPS) is 15.2. The second kappa shape index (κ2) is 8.29. The van der Waals surface area contributed by atoms with E-state index in [9.17, 15) is 0 Å². The van der Waals surface area contributed by atoms with Crippen molar-refractivity contribution in [2.24, 2.45) is 0 Å². The maximum Gasteiger partial charge on any atom is 0.111 e. The van der Waals surface area contributed by atoms with Crippen molar-refractivity contribution >= 4 is 55.1 Å². The largest absolute Gasteiger partial charge is 0.381 e. The molecule has 0 fully saturated rings.